The van der Waals surface area contributed by atoms with Gasteiger partial charge in [0.15, 0.2) is 0 Å². The molecule has 0 saturated heterocycles. The third-order valence-electron chi connectivity index (χ3n) is 4.30. The molecule has 5 nitrogen and oxygen atoms in total. The summed E-state index contributed by atoms with van der Waals surface area (Å²) in [5, 5.41) is 6.46. The predicted molar refractivity (Wildman–Crippen MR) is 94.5 cm³/mol. The van der Waals surface area contributed by atoms with Crippen molar-refractivity contribution in [2.24, 2.45) is 0 Å². The molecular weight excluding hydrogens is 312 g/mol. The van der Waals surface area contributed by atoms with E-state index in [0.29, 0.717) is 5.69 Å². The topological polar surface area (TPSA) is 78.4 Å². The molecule has 1 atom stereocenters. The molecule has 1 heterocycles. The van der Waals surface area contributed by atoms with Gasteiger partial charge in [-0.05, 0) is 25.0 Å². The van der Waals surface area contributed by atoms with Crippen LogP contribution in [0.4, 0.5) is 11.4 Å². The summed E-state index contributed by atoms with van der Waals surface area (Å²) in [6.45, 7) is 2.23. The van der Waals surface area contributed by atoms with Gasteiger partial charge in [0, 0.05) is 0 Å². The normalized spacial score (nSPS) is 16.7. The van der Waals surface area contributed by atoms with Gasteiger partial charge in [-0.15, -0.1) is 0 Å². The van der Waals surface area contributed by atoms with Crippen molar-refractivity contribution in [1.29, 1.82) is 0 Å². The van der Waals surface area contributed by atoms with Gasteiger partial charge in [0.25, 0.3) is 10.1 Å². The van der Waals surface area contributed by atoms with Crippen LogP contribution in [0.25, 0.3) is 0 Å². The molecule has 130 valence electrons. The van der Waals surface area contributed by atoms with Crippen LogP contribution in [0.1, 0.15) is 64.7 Å². The Morgan fingerprint density at radius 1 is 1.00 bits per heavy atom. The maximum absolute atomic E-state index is 11.4. The summed E-state index contributed by atoms with van der Waals surface area (Å²) >= 11 is 0. The van der Waals surface area contributed by atoms with Gasteiger partial charge in [0.05, 0.1) is 17.5 Å². The molecule has 0 radical (unpaired) electrons. The maximum atomic E-state index is 11.4. The second-order valence-corrected chi connectivity index (χ2v) is 7.65. The molecule has 0 aliphatic carbocycles. The lowest BCUT2D eigenvalue weighted by Gasteiger charge is -2.12. The minimum atomic E-state index is -4.19. The molecule has 0 saturated carbocycles. The zero-order valence-corrected chi connectivity index (χ0v) is 14.7. The number of anilines is 2. The average molecular weight is 340 g/mol. The Labute approximate surface area is 139 Å². The van der Waals surface area contributed by atoms with Gasteiger partial charge < -0.3 is 10.6 Å². The van der Waals surface area contributed by atoms with E-state index in [1.54, 1.807) is 6.07 Å². The molecule has 1 aromatic carbocycles. The van der Waals surface area contributed by atoms with Gasteiger partial charge in [0.2, 0.25) is 0 Å². The summed E-state index contributed by atoms with van der Waals surface area (Å²) in [7, 11) is -4.19. The number of nitrogens with one attached hydrogen (secondary N) is 2. The number of rotatable bonds is 10. The smallest absolute Gasteiger partial charge is 0.296 e. The highest BCUT2D eigenvalue weighted by Crippen LogP contribution is 2.35. The Kier molecular flexibility index (Phi) is 6.72. The molecule has 1 aliphatic heterocycles. The quantitative estimate of drug-likeness (QED) is 0.427. The first-order valence-corrected chi connectivity index (χ1v) is 10.1. The van der Waals surface area contributed by atoms with Crippen molar-refractivity contribution < 1.29 is 13.0 Å². The first kappa shape index (κ1) is 18.1. The SMILES string of the molecule is CCCCCCCCCCC1Nc2cccc(S(=O)(=O)O)c2N1. The van der Waals surface area contributed by atoms with Crippen LogP contribution in [0.3, 0.4) is 0 Å². The fourth-order valence-electron chi connectivity index (χ4n) is 3.04. The number of para-hydroxylation sites is 1. The van der Waals surface area contributed by atoms with Crippen LogP contribution >= 0.6 is 0 Å². The molecule has 1 aromatic rings. The van der Waals surface area contributed by atoms with Crippen molar-refractivity contribution >= 4 is 21.5 Å². The molecule has 23 heavy (non-hydrogen) atoms. The average Bonchev–Trinajstić information content (AvgIpc) is 2.91. The Bertz CT molecular complexity index is 602. The van der Waals surface area contributed by atoms with Crippen molar-refractivity contribution in [3.05, 3.63) is 18.2 Å². The monoisotopic (exact) mass is 340 g/mol. The summed E-state index contributed by atoms with van der Waals surface area (Å²) in [6, 6.07) is 4.88. The van der Waals surface area contributed by atoms with E-state index in [2.05, 4.69) is 17.6 Å². The van der Waals surface area contributed by atoms with E-state index in [1.807, 2.05) is 6.07 Å². The maximum Gasteiger partial charge on any atom is 0.296 e. The van der Waals surface area contributed by atoms with Crippen molar-refractivity contribution in [1.82, 2.24) is 0 Å². The zero-order valence-electron chi connectivity index (χ0n) is 13.8. The first-order chi connectivity index (χ1) is 11.0. The molecule has 0 fully saturated rings. The second kappa shape index (κ2) is 8.55. The van der Waals surface area contributed by atoms with Gasteiger partial charge in [-0.1, -0.05) is 57.9 Å². The van der Waals surface area contributed by atoms with Crippen LogP contribution in [-0.4, -0.2) is 19.1 Å². The van der Waals surface area contributed by atoms with Gasteiger partial charge >= 0.3 is 0 Å². The predicted octanol–water partition coefficient (Wildman–Crippen LogP) is 4.63. The lowest BCUT2D eigenvalue weighted by atomic mass is 10.1. The van der Waals surface area contributed by atoms with Crippen molar-refractivity contribution in [2.45, 2.75) is 75.8 Å². The van der Waals surface area contributed by atoms with Crippen LogP contribution in [0.5, 0.6) is 0 Å². The molecule has 6 heteroatoms. The van der Waals surface area contributed by atoms with E-state index in [-0.39, 0.29) is 11.1 Å². The third-order valence-corrected chi connectivity index (χ3v) is 5.19. The van der Waals surface area contributed by atoms with Crippen LogP contribution in [0.2, 0.25) is 0 Å². The van der Waals surface area contributed by atoms with E-state index in [4.69, 9.17) is 0 Å². The van der Waals surface area contributed by atoms with Crippen LogP contribution in [0, 0.1) is 0 Å². The number of hydrogen-bond acceptors (Lipinski definition) is 4. The molecular formula is C17H28N2O3S. The minimum Gasteiger partial charge on any atom is -0.364 e. The summed E-state index contributed by atoms with van der Waals surface area (Å²) in [5.74, 6) is 0. The molecule has 0 amide bonds. The summed E-state index contributed by atoms with van der Waals surface area (Å²) < 4.78 is 32.1. The molecule has 1 aliphatic rings. The molecule has 2 rings (SSSR count). The minimum absolute atomic E-state index is 0.0352. The molecule has 0 spiro atoms. The van der Waals surface area contributed by atoms with Gasteiger partial charge in [-0.3, -0.25) is 4.55 Å². The van der Waals surface area contributed by atoms with E-state index >= 15 is 0 Å². The number of hydrogen-bond donors (Lipinski definition) is 3. The van der Waals surface area contributed by atoms with E-state index in [1.165, 1.54) is 51.0 Å². The number of benzene rings is 1. The van der Waals surface area contributed by atoms with Crippen molar-refractivity contribution in [2.75, 3.05) is 10.6 Å². The second-order valence-electron chi connectivity index (χ2n) is 6.26. The fourth-order valence-corrected chi connectivity index (χ4v) is 3.72. The summed E-state index contributed by atoms with van der Waals surface area (Å²) in [5.41, 5.74) is 1.23. The van der Waals surface area contributed by atoms with Crippen LogP contribution < -0.4 is 10.6 Å². The van der Waals surface area contributed by atoms with Crippen LogP contribution in [0.15, 0.2) is 23.1 Å². The molecule has 3 N–H and O–H groups in total. The van der Waals surface area contributed by atoms with Gasteiger partial charge in [-0.2, -0.15) is 8.42 Å². The van der Waals surface area contributed by atoms with E-state index in [9.17, 15) is 13.0 Å². The zero-order chi connectivity index (χ0) is 16.7. The lowest BCUT2D eigenvalue weighted by Crippen LogP contribution is -2.22. The van der Waals surface area contributed by atoms with E-state index < -0.39 is 10.1 Å². The van der Waals surface area contributed by atoms with Gasteiger partial charge in [-0.25, -0.2) is 0 Å². The fraction of sp³-hybridized carbons (Fsp3) is 0.647. The van der Waals surface area contributed by atoms with Crippen molar-refractivity contribution in [3.63, 3.8) is 0 Å². The van der Waals surface area contributed by atoms with Gasteiger partial charge in [0.1, 0.15) is 4.90 Å². The first-order valence-electron chi connectivity index (χ1n) is 8.66. The molecule has 1 unspecified atom stereocenters. The molecule has 0 aromatic heterocycles. The Morgan fingerprint density at radius 2 is 1.65 bits per heavy atom. The van der Waals surface area contributed by atoms with E-state index in [0.717, 1.165) is 18.5 Å². The Hall–Kier alpha value is -1.27. The summed E-state index contributed by atoms with van der Waals surface area (Å²) in [6.07, 6.45) is 11.1. The lowest BCUT2D eigenvalue weighted by molar-refractivity contribution is 0.483. The third kappa shape index (κ3) is 5.39. The molecule has 0 bridgehead atoms. The highest BCUT2D eigenvalue weighted by atomic mass is 32.2. The highest BCUT2D eigenvalue weighted by Gasteiger charge is 2.26. The Balaban J connectivity index is 1.72. The van der Waals surface area contributed by atoms with Crippen molar-refractivity contribution in [3.8, 4) is 0 Å². The number of fused-ring (bicyclic) bond motifs is 1. The number of unbranched alkanes of at least 4 members (excludes halogenated alkanes) is 7. The van der Waals surface area contributed by atoms with Crippen LogP contribution in [-0.2, 0) is 10.1 Å². The standard InChI is InChI=1S/C17H28N2O3S/c1-2-3-4-5-6-7-8-9-13-16-18-14-11-10-12-15(17(14)19-16)23(20,21)22/h10-12,16,18-19H,2-9,13H2,1H3,(H,20,21,22). The highest BCUT2D eigenvalue weighted by molar-refractivity contribution is 7.86. The Morgan fingerprint density at radius 3 is 2.30 bits per heavy atom. The largest absolute Gasteiger partial charge is 0.364 e. The summed E-state index contributed by atoms with van der Waals surface area (Å²) in [4.78, 5) is -0.0547.